The van der Waals surface area contributed by atoms with Crippen LogP contribution < -0.4 is 5.73 Å². The lowest BCUT2D eigenvalue weighted by atomic mass is 9.97. The number of ether oxygens (including phenoxy) is 1. The molecule has 2 N–H and O–H groups in total. The smallest absolute Gasteiger partial charge is 0.180 e. The molecule has 0 aliphatic heterocycles. The minimum absolute atomic E-state index is 0.0242. The molecule has 0 radical (unpaired) electrons. The van der Waals surface area contributed by atoms with Crippen molar-refractivity contribution in [3.05, 3.63) is 48.0 Å². The van der Waals surface area contributed by atoms with Crippen LogP contribution in [0.3, 0.4) is 0 Å². The van der Waals surface area contributed by atoms with Gasteiger partial charge in [0, 0.05) is 19.3 Å². The van der Waals surface area contributed by atoms with E-state index in [2.05, 4.69) is 0 Å². The number of hydrogen-bond acceptors (Lipinski definition) is 3. The topological polar surface area (TPSA) is 52.3 Å². The van der Waals surface area contributed by atoms with Crippen molar-refractivity contribution in [3.8, 4) is 0 Å². The van der Waals surface area contributed by atoms with Gasteiger partial charge in [-0.15, -0.1) is 0 Å². The second-order valence-electron chi connectivity index (χ2n) is 4.28. The second-order valence-corrected chi connectivity index (χ2v) is 4.28. The van der Waals surface area contributed by atoms with Gasteiger partial charge in [-0.05, 0) is 17.2 Å². The first kappa shape index (κ1) is 12.7. The molecule has 0 aromatic heterocycles. The van der Waals surface area contributed by atoms with Crippen LogP contribution in [0.1, 0.15) is 16.8 Å². The molecule has 0 saturated heterocycles. The minimum atomic E-state index is -0.504. The van der Waals surface area contributed by atoms with Crippen molar-refractivity contribution < 1.29 is 9.53 Å². The maximum absolute atomic E-state index is 12.3. The zero-order valence-electron chi connectivity index (χ0n) is 10.4. The SMILES string of the molecule is COCCC(N)C(=O)c1cccc2ccccc12. The Morgan fingerprint density at radius 3 is 2.72 bits per heavy atom. The van der Waals surface area contributed by atoms with Crippen LogP contribution in [0, 0.1) is 0 Å². The van der Waals surface area contributed by atoms with E-state index in [1.165, 1.54) is 0 Å². The Bertz CT molecular complexity index is 546. The predicted octanol–water partition coefficient (Wildman–Crippen LogP) is 2.39. The molecule has 1 unspecified atom stereocenters. The molecule has 0 spiro atoms. The van der Waals surface area contributed by atoms with Crippen molar-refractivity contribution >= 4 is 16.6 Å². The van der Waals surface area contributed by atoms with Gasteiger partial charge in [0.25, 0.3) is 0 Å². The molecule has 0 bridgehead atoms. The number of hydrogen-bond donors (Lipinski definition) is 1. The van der Waals surface area contributed by atoms with Gasteiger partial charge < -0.3 is 10.5 Å². The Labute approximate surface area is 107 Å². The summed E-state index contributed by atoms with van der Waals surface area (Å²) in [5, 5.41) is 2.01. The molecular formula is C15H17NO2. The largest absolute Gasteiger partial charge is 0.385 e. The highest BCUT2D eigenvalue weighted by Gasteiger charge is 2.17. The van der Waals surface area contributed by atoms with Gasteiger partial charge in [-0.25, -0.2) is 0 Å². The van der Waals surface area contributed by atoms with Gasteiger partial charge in [0.15, 0.2) is 5.78 Å². The first-order valence-electron chi connectivity index (χ1n) is 6.00. The van der Waals surface area contributed by atoms with E-state index in [1.807, 2.05) is 42.5 Å². The van der Waals surface area contributed by atoms with Crippen LogP contribution in [-0.2, 0) is 4.74 Å². The third kappa shape index (κ3) is 2.58. The number of carbonyl (C=O) groups is 1. The number of Topliss-reactive ketones (excluding diaryl/α,β-unsaturated/α-hetero) is 1. The van der Waals surface area contributed by atoms with E-state index in [0.717, 1.165) is 10.8 Å². The molecule has 2 aromatic rings. The summed E-state index contributed by atoms with van der Waals surface area (Å²) in [5.74, 6) is -0.0242. The van der Waals surface area contributed by atoms with Crippen molar-refractivity contribution in [2.75, 3.05) is 13.7 Å². The number of methoxy groups -OCH3 is 1. The first-order valence-corrected chi connectivity index (χ1v) is 6.00. The molecule has 1 atom stereocenters. The Morgan fingerprint density at radius 1 is 1.22 bits per heavy atom. The van der Waals surface area contributed by atoms with Gasteiger partial charge in [-0.1, -0.05) is 42.5 Å². The summed E-state index contributed by atoms with van der Waals surface area (Å²) in [6.45, 7) is 0.498. The molecule has 0 saturated carbocycles. The Morgan fingerprint density at radius 2 is 1.94 bits per heavy atom. The summed E-state index contributed by atoms with van der Waals surface area (Å²) in [4.78, 5) is 12.3. The van der Waals surface area contributed by atoms with Crippen LogP contribution in [0.2, 0.25) is 0 Å². The molecule has 0 aliphatic carbocycles. The summed E-state index contributed by atoms with van der Waals surface area (Å²) in [6.07, 6.45) is 0.540. The lowest BCUT2D eigenvalue weighted by molar-refractivity contribution is 0.0937. The maximum atomic E-state index is 12.3. The fourth-order valence-electron chi connectivity index (χ4n) is 2.02. The van der Waals surface area contributed by atoms with Gasteiger partial charge in [0.1, 0.15) is 0 Å². The van der Waals surface area contributed by atoms with Crippen LogP contribution in [0.5, 0.6) is 0 Å². The zero-order chi connectivity index (χ0) is 13.0. The van der Waals surface area contributed by atoms with Crippen LogP contribution in [0.25, 0.3) is 10.8 Å². The highest BCUT2D eigenvalue weighted by atomic mass is 16.5. The normalized spacial score (nSPS) is 12.6. The molecule has 0 heterocycles. The van der Waals surface area contributed by atoms with E-state index in [1.54, 1.807) is 7.11 Å². The average Bonchev–Trinajstić information content (AvgIpc) is 2.43. The van der Waals surface area contributed by atoms with Crippen molar-refractivity contribution in [1.82, 2.24) is 0 Å². The summed E-state index contributed by atoms with van der Waals surface area (Å²) >= 11 is 0. The van der Waals surface area contributed by atoms with Gasteiger partial charge in [0.05, 0.1) is 6.04 Å². The molecule has 2 rings (SSSR count). The van der Waals surface area contributed by atoms with Crippen molar-refractivity contribution in [2.45, 2.75) is 12.5 Å². The molecule has 3 heteroatoms. The number of rotatable bonds is 5. The summed E-state index contributed by atoms with van der Waals surface area (Å²) in [5.41, 5.74) is 6.59. The van der Waals surface area contributed by atoms with E-state index in [-0.39, 0.29) is 5.78 Å². The molecule has 3 nitrogen and oxygen atoms in total. The second kappa shape index (κ2) is 5.76. The molecule has 0 aliphatic rings. The highest BCUT2D eigenvalue weighted by Crippen LogP contribution is 2.20. The highest BCUT2D eigenvalue weighted by molar-refractivity contribution is 6.10. The Balaban J connectivity index is 2.33. The van der Waals surface area contributed by atoms with E-state index < -0.39 is 6.04 Å². The zero-order valence-corrected chi connectivity index (χ0v) is 10.4. The lowest BCUT2D eigenvalue weighted by Crippen LogP contribution is -2.31. The molecule has 18 heavy (non-hydrogen) atoms. The van der Waals surface area contributed by atoms with Crippen molar-refractivity contribution in [2.24, 2.45) is 5.73 Å². The molecule has 0 fully saturated rings. The molecule has 94 valence electrons. The molecular weight excluding hydrogens is 226 g/mol. The van der Waals surface area contributed by atoms with E-state index >= 15 is 0 Å². The predicted molar refractivity (Wildman–Crippen MR) is 72.7 cm³/mol. The fourth-order valence-corrected chi connectivity index (χ4v) is 2.02. The summed E-state index contributed by atoms with van der Waals surface area (Å²) in [6, 6.07) is 13.0. The van der Waals surface area contributed by atoms with Gasteiger partial charge in [0.2, 0.25) is 0 Å². The summed E-state index contributed by atoms with van der Waals surface area (Å²) < 4.78 is 4.95. The van der Waals surface area contributed by atoms with Gasteiger partial charge in [-0.2, -0.15) is 0 Å². The number of carbonyl (C=O) groups excluding carboxylic acids is 1. The molecule has 0 amide bonds. The van der Waals surface area contributed by atoms with Crippen LogP contribution in [0.4, 0.5) is 0 Å². The first-order chi connectivity index (χ1) is 8.74. The summed E-state index contributed by atoms with van der Waals surface area (Å²) in [7, 11) is 1.61. The Hall–Kier alpha value is -1.71. The number of ketones is 1. The maximum Gasteiger partial charge on any atom is 0.180 e. The standard InChI is InChI=1S/C15H17NO2/c1-18-10-9-14(16)15(17)13-8-4-6-11-5-2-3-7-12(11)13/h2-8,14H,9-10,16H2,1H3. The van der Waals surface area contributed by atoms with Crippen LogP contribution in [-0.4, -0.2) is 25.5 Å². The number of nitrogens with two attached hydrogens (primary N) is 1. The fraction of sp³-hybridized carbons (Fsp3) is 0.267. The van der Waals surface area contributed by atoms with Gasteiger partial charge in [-0.3, -0.25) is 4.79 Å². The third-order valence-corrected chi connectivity index (χ3v) is 3.02. The van der Waals surface area contributed by atoms with Crippen LogP contribution >= 0.6 is 0 Å². The third-order valence-electron chi connectivity index (χ3n) is 3.02. The molecule has 2 aromatic carbocycles. The van der Waals surface area contributed by atoms with E-state index in [0.29, 0.717) is 18.6 Å². The van der Waals surface area contributed by atoms with Crippen molar-refractivity contribution in [3.63, 3.8) is 0 Å². The monoisotopic (exact) mass is 243 g/mol. The number of fused-ring (bicyclic) bond motifs is 1. The average molecular weight is 243 g/mol. The number of benzene rings is 2. The van der Waals surface area contributed by atoms with E-state index in [4.69, 9.17) is 10.5 Å². The van der Waals surface area contributed by atoms with Crippen molar-refractivity contribution in [1.29, 1.82) is 0 Å². The van der Waals surface area contributed by atoms with Crippen LogP contribution in [0.15, 0.2) is 42.5 Å². The quantitative estimate of drug-likeness (QED) is 0.820. The van der Waals surface area contributed by atoms with E-state index in [9.17, 15) is 4.79 Å². The minimum Gasteiger partial charge on any atom is -0.385 e. The Kier molecular flexibility index (Phi) is 4.07. The lowest BCUT2D eigenvalue weighted by Gasteiger charge is -2.11. The van der Waals surface area contributed by atoms with Gasteiger partial charge >= 0.3 is 0 Å².